The average molecular weight is 291 g/mol. The summed E-state index contributed by atoms with van der Waals surface area (Å²) in [5.41, 5.74) is -0.549. The van der Waals surface area contributed by atoms with E-state index in [0.29, 0.717) is 17.4 Å². The third-order valence-corrected chi connectivity index (χ3v) is 6.97. The van der Waals surface area contributed by atoms with Crippen molar-refractivity contribution in [3.8, 4) is 0 Å². The van der Waals surface area contributed by atoms with Crippen LogP contribution < -0.4 is 5.32 Å². The zero-order valence-electron chi connectivity index (χ0n) is 10.8. The number of carbonyl (C=O) groups is 1. The van der Waals surface area contributed by atoms with Crippen LogP contribution in [0.25, 0.3) is 0 Å². The number of nitrogens with one attached hydrogen (secondary N) is 1. The van der Waals surface area contributed by atoms with Crippen LogP contribution in [0.5, 0.6) is 0 Å². The molecule has 0 aromatic rings. The highest BCUT2D eigenvalue weighted by Crippen LogP contribution is 2.29. The fourth-order valence-electron chi connectivity index (χ4n) is 2.73. The maximum absolute atomic E-state index is 11.8. The molecule has 1 amide bonds. The highest BCUT2D eigenvalue weighted by Gasteiger charge is 2.39. The Morgan fingerprint density at radius 3 is 2.61 bits per heavy atom. The van der Waals surface area contributed by atoms with Crippen molar-refractivity contribution in [3.63, 3.8) is 0 Å². The Morgan fingerprint density at radius 2 is 2.06 bits per heavy atom. The smallest absolute Gasteiger partial charge is 0.230 e. The van der Waals surface area contributed by atoms with Gasteiger partial charge in [0.05, 0.1) is 22.8 Å². The summed E-state index contributed by atoms with van der Waals surface area (Å²) in [6.07, 6.45) is 5.51. The Hall–Kier alpha value is -0.230. The minimum atomic E-state index is -2.95. The van der Waals surface area contributed by atoms with Crippen molar-refractivity contribution in [2.24, 2.45) is 0 Å². The number of thioether (sulfide) groups is 1. The normalized spacial score (nSPS) is 31.6. The van der Waals surface area contributed by atoms with Crippen LogP contribution in [0.15, 0.2) is 0 Å². The minimum absolute atomic E-state index is 0.0218. The molecule has 6 heteroatoms. The van der Waals surface area contributed by atoms with Crippen LogP contribution in [0.3, 0.4) is 0 Å². The summed E-state index contributed by atoms with van der Waals surface area (Å²) in [5.74, 6) is 0.714. The SMILES string of the molecule is C[C@]1(NC(=O)CSC2CCCC2)CCS(=O)(=O)C1. The van der Waals surface area contributed by atoms with Gasteiger partial charge in [-0.25, -0.2) is 8.42 Å². The first kappa shape index (κ1) is 14.2. The van der Waals surface area contributed by atoms with E-state index >= 15 is 0 Å². The van der Waals surface area contributed by atoms with Gasteiger partial charge in [-0.05, 0) is 26.2 Å². The summed E-state index contributed by atoms with van der Waals surface area (Å²) in [5, 5.41) is 3.52. The third-order valence-electron chi connectivity index (χ3n) is 3.70. The van der Waals surface area contributed by atoms with Crippen LogP contribution in [0.2, 0.25) is 0 Å². The van der Waals surface area contributed by atoms with Gasteiger partial charge < -0.3 is 5.32 Å². The predicted octanol–water partition coefficient (Wildman–Crippen LogP) is 1.36. The van der Waals surface area contributed by atoms with E-state index in [9.17, 15) is 13.2 Å². The first-order valence-corrected chi connectivity index (χ1v) is 9.39. The van der Waals surface area contributed by atoms with Crippen molar-refractivity contribution in [2.75, 3.05) is 17.3 Å². The zero-order chi connectivity index (χ0) is 13.2. The molecule has 104 valence electrons. The van der Waals surface area contributed by atoms with E-state index in [1.807, 2.05) is 6.92 Å². The highest BCUT2D eigenvalue weighted by atomic mass is 32.2. The number of carbonyl (C=O) groups excluding carboxylic acids is 1. The van der Waals surface area contributed by atoms with Crippen LogP contribution in [0.4, 0.5) is 0 Å². The molecule has 0 bridgehead atoms. The molecule has 1 saturated carbocycles. The molecule has 2 aliphatic rings. The molecule has 1 atom stereocenters. The summed E-state index contributed by atoms with van der Waals surface area (Å²) in [6.45, 7) is 1.83. The van der Waals surface area contributed by atoms with Gasteiger partial charge in [0.2, 0.25) is 5.91 Å². The molecule has 1 aliphatic carbocycles. The second-order valence-electron chi connectivity index (χ2n) is 5.67. The van der Waals surface area contributed by atoms with Gasteiger partial charge in [-0.1, -0.05) is 12.8 Å². The lowest BCUT2D eigenvalue weighted by Crippen LogP contribution is -2.47. The van der Waals surface area contributed by atoms with Crippen LogP contribution in [-0.2, 0) is 14.6 Å². The molecular formula is C12H21NO3S2. The quantitative estimate of drug-likeness (QED) is 0.849. The second-order valence-corrected chi connectivity index (χ2v) is 9.14. The maximum Gasteiger partial charge on any atom is 0.230 e. The molecule has 1 N–H and O–H groups in total. The van der Waals surface area contributed by atoms with Gasteiger partial charge >= 0.3 is 0 Å². The number of sulfone groups is 1. The van der Waals surface area contributed by atoms with Crippen molar-refractivity contribution in [2.45, 2.75) is 49.8 Å². The first-order valence-electron chi connectivity index (χ1n) is 6.52. The molecule has 1 saturated heterocycles. The second kappa shape index (κ2) is 5.41. The number of hydrogen-bond acceptors (Lipinski definition) is 4. The largest absolute Gasteiger partial charge is 0.349 e. The van der Waals surface area contributed by atoms with Gasteiger partial charge in [-0.3, -0.25) is 4.79 Å². The number of hydrogen-bond donors (Lipinski definition) is 1. The van der Waals surface area contributed by atoms with Crippen molar-refractivity contribution < 1.29 is 13.2 Å². The fourth-order valence-corrected chi connectivity index (χ4v) is 5.95. The molecule has 0 aromatic heterocycles. The van der Waals surface area contributed by atoms with Crippen molar-refractivity contribution in [3.05, 3.63) is 0 Å². The van der Waals surface area contributed by atoms with Gasteiger partial charge in [0.1, 0.15) is 0 Å². The number of amides is 1. The Bertz CT molecular complexity index is 415. The van der Waals surface area contributed by atoms with E-state index in [4.69, 9.17) is 0 Å². The van der Waals surface area contributed by atoms with Gasteiger partial charge in [-0.2, -0.15) is 0 Å². The predicted molar refractivity (Wildman–Crippen MR) is 74.5 cm³/mol. The van der Waals surface area contributed by atoms with E-state index in [1.165, 1.54) is 25.7 Å². The molecule has 2 rings (SSSR count). The van der Waals surface area contributed by atoms with E-state index < -0.39 is 15.4 Å². The molecule has 0 spiro atoms. The van der Waals surface area contributed by atoms with Gasteiger partial charge in [-0.15, -0.1) is 11.8 Å². The van der Waals surface area contributed by atoms with E-state index in [1.54, 1.807) is 11.8 Å². The van der Waals surface area contributed by atoms with Crippen LogP contribution in [-0.4, -0.2) is 42.4 Å². The van der Waals surface area contributed by atoms with E-state index in [2.05, 4.69) is 5.32 Å². The van der Waals surface area contributed by atoms with Crippen molar-refractivity contribution in [1.82, 2.24) is 5.32 Å². The topological polar surface area (TPSA) is 63.2 Å². The van der Waals surface area contributed by atoms with Crippen LogP contribution in [0.1, 0.15) is 39.0 Å². The molecule has 1 aliphatic heterocycles. The summed E-state index contributed by atoms with van der Waals surface area (Å²) >= 11 is 1.71. The average Bonchev–Trinajstić information content (AvgIpc) is 2.84. The molecule has 1 heterocycles. The standard InChI is InChI=1S/C12H21NO3S2/c1-12(6-7-18(15,16)9-12)13-11(14)8-17-10-4-2-3-5-10/h10H,2-9H2,1H3,(H,13,14)/t12-/m0/s1. The zero-order valence-corrected chi connectivity index (χ0v) is 12.4. The van der Waals surface area contributed by atoms with E-state index in [0.717, 1.165) is 0 Å². The van der Waals surface area contributed by atoms with Crippen molar-refractivity contribution >= 4 is 27.5 Å². The Morgan fingerprint density at radius 1 is 1.39 bits per heavy atom. The maximum atomic E-state index is 11.8. The van der Waals surface area contributed by atoms with Crippen molar-refractivity contribution in [1.29, 1.82) is 0 Å². The van der Waals surface area contributed by atoms with Crippen LogP contribution in [0, 0.1) is 0 Å². The lowest BCUT2D eigenvalue weighted by molar-refractivity contribution is -0.120. The molecular weight excluding hydrogens is 270 g/mol. The fraction of sp³-hybridized carbons (Fsp3) is 0.917. The Kier molecular flexibility index (Phi) is 4.26. The summed E-state index contributed by atoms with van der Waals surface area (Å²) < 4.78 is 22.9. The minimum Gasteiger partial charge on any atom is -0.349 e. The number of rotatable bonds is 4. The Balaban J connectivity index is 1.77. The highest BCUT2D eigenvalue weighted by molar-refractivity contribution is 8.00. The summed E-state index contributed by atoms with van der Waals surface area (Å²) in [6, 6.07) is 0. The molecule has 4 nitrogen and oxygen atoms in total. The molecule has 0 radical (unpaired) electrons. The third kappa shape index (κ3) is 3.88. The monoisotopic (exact) mass is 291 g/mol. The molecule has 0 aromatic carbocycles. The Labute approximate surface area is 113 Å². The van der Waals surface area contributed by atoms with E-state index in [-0.39, 0.29) is 17.4 Å². The summed E-state index contributed by atoms with van der Waals surface area (Å²) in [4.78, 5) is 11.8. The lowest BCUT2D eigenvalue weighted by Gasteiger charge is -2.24. The van der Waals surface area contributed by atoms with Gasteiger partial charge in [0, 0.05) is 5.25 Å². The van der Waals surface area contributed by atoms with Crippen LogP contribution >= 0.6 is 11.8 Å². The lowest BCUT2D eigenvalue weighted by atomic mass is 10.0. The molecule has 18 heavy (non-hydrogen) atoms. The van der Waals surface area contributed by atoms with Gasteiger partial charge in [0.25, 0.3) is 0 Å². The molecule has 0 unspecified atom stereocenters. The molecule has 2 fully saturated rings. The summed E-state index contributed by atoms with van der Waals surface area (Å²) in [7, 11) is -2.95. The van der Waals surface area contributed by atoms with Gasteiger partial charge in [0.15, 0.2) is 9.84 Å². The first-order chi connectivity index (χ1) is 8.39.